The van der Waals surface area contributed by atoms with Crippen LogP contribution in [0.4, 0.5) is 5.95 Å². The minimum Gasteiger partial charge on any atom is -0.459 e. The summed E-state index contributed by atoms with van der Waals surface area (Å²) in [7, 11) is 0. The van der Waals surface area contributed by atoms with Crippen LogP contribution in [-0.4, -0.2) is 28.1 Å². The van der Waals surface area contributed by atoms with Gasteiger partial charge in [0, 0.05) is 6.54 Å². The third-order valence-corrected chi connectivity index (χ3v) is 1.42. The molecular formula is C8H11ClN4O. The first-order valence-corrected chi connectivity index (χ1v) is 4.53. The maximum atomic E-state index is 5.66. The van der Waals surface area contributed by atoms with E-state index in [0.29, 0.717) is 19.1 Å². The third-order valence-electron chi connectivity index (χ3n) is 1.25. The van der Waals surface area contributed by atoms with Gasteiger partial charge in [-0.25, -0.2) is 0 Å². The molecule has 1 heterocycles. The van der Waals surface area contributed by atoms with E-state index in [2.05, 4.69) is 26.8 Å². The van der Waals surface area contributed by atoms with Crippen molar-refractivity contribution in [1.29, 1.82) is 0 Å². The Morgan fingerprint density at radius 2 is 2.29 bits per heavy atom. The van der Waals surface area contributed by atoms with Gasteiger partial charge in [0.1, 0.15) is 6.61 Å². The Labute approximate surface area is 87.2 Å². The second-order valence-corrected chi connectivity index (χ2v) is 2.68. The Hall–Kier alpha value is -1.36. The molecule has 0 unspecified atom stereocenters. The molecule has 14 heavy (non-hydrogen) atoms. The lowest BCUT2D eigenvalue weighted by atomic mass is 10.7. The smallest absolute Gasteiger partial charge is 0.322 e. The van der Waals surface area contributed by atoms with Gasteiger partial charge in [-0.2, -0.15) is 15.0 Å². The average molecular weight is 215 g/mol. The SMILES string of the molecule is C=CCOc1nc(Cl)nc(NCC)n1. The van der Waals surface area contributed by atoms with E-state index in [1.165, 1.54) is 0 Å². The number of nitrogens with one attached hydrogen (secondary N) is 1. The monoisotopic (exact) mass is 214 g/mol. The minimum absolute atomic E-state index is 0.106. The topological polar surface area (TPSA) is 59.9 Å². The lowest BCUT2D eigenvalue weighted by molar-refractivity contribution is 0.332. The van der Waals surface area contributed by atoms with E-state index >= 15 is 0 Å². The second-order valence-electron chi connectivity index (χ2n) is 2.34. The Bertz CT molecular complexity index is 318. The largest absolute Gasteiger partial charge is 0.459 e. The lowest BCUT2D eigenvalue weighted by Crippen LogP contribution is -2.06. The molecule has 0 amide bonds. The maximum absolute atomic E-state index is 5.66. The van der Waals surface area contributed by atoms with Gasteiger partial charge in [-0.05, 0) is 18.5 Å². The summed E-state index contributed by atoms with van der Waals surface area (Å²) in [5, 5.41) is 3.02. The summed E-state index contributed by atoms with van der Waals surface area (Å²) in [4.78, 5) is 11.6. The molecule has 0 bridgehead atoms. The van der Waals surface area contributed by atoms with Gasteiger partial charge in [0.2, 0.25) is 11.2 Å². The Morgan fingerprint density at radius 1 is 1.50 bits per heavy atom. The predicted molar refractivity (Wildman–Crippen MR) is 54.7 cm³/mol. The number of nitrogens with zero attached hydrogens (tertiary/aromatic N) is 3. The number of ether oxygens (including phenoxy) is 1. The fourth-order valence-electron chi connectivity index (χ4n) is 0.767. The van der Waals surface area contributed by atoms with Crippen LogP contribution in [0.25, 0.3) is 0 Å². The zero-order valence-electron chi connectivity index (χ0n) is 7.83. The molecule has 0 atom stereocenters. The number of rotatable bonds is 5. The third kappa shape index (κ3) is 3.18. The van der Waals surface area contributed by atoms with Crippen LogP contribution in [0.2, 0.25) is 5.28 Å². The van der Waals surface area contributed by atoms with E-state index in [1.54, 1.807) is 6.08 Å². The van der Waals surface area contributed by atoms with Crippen LogP contribution >= 0.6 is 11.6 Å². The molecule has 76 valence electrons. The van der Waals surface area contributed by atoms with Gasteiger partial charge in [0.25, 0.3) is 0 Å². The first-order valence-electron chi connectivity index (χ1n) is 4.15. The second kappa shape index (κ2) is 5.39. The van der Waals surface area contributed by atoms with Crippen molar-refractivity contribution in [2.45, 2.75) is 6.92 Å². The molecule has 0 fully saturated rings. The Morgan fingerprint density at radius 3 is 2.93 bits per heavy atom. The molecule has 0 aliphatic carbocycles. The van der Waals surface area contributed by atoms with Crippen LogP contribution in [0.5, 0.6) is 6.01 Å². The van der Waals surface area contributed by atoms with Crippen molar-refractivity contribution in [3.05, 3.63) is 17.9 Å². The van der Waals surface area contributed by atoms with E-state index in [-0.39, 0.29) is 11.3 Å². The summed E-state index contributed by atoms with van der Waals surface area (Å²) in [6, 6.07) is 0.195. The highest BCUT2D eigenvalue weighted by atomic mass is 35.5. The molecule has 0 radical (unpaired) electrons. The van der Waals surface area contributed by atoms with Crippen molar-refractivity contribution in [2.75, 3.05) is 18.5 Å². The summed E-state index contributed by atoms with van der Waals surface area (Å²) >= 11 is 5.66. The van der Waals surface area contributed by atoms with Crippen molar-refractivity contribution >= 4 is 17.5 Å². The highest BCUT2D eigenvalue weighted by Crippen LogP contribution is 2.10. The fraction of sp³-hybridized carbons (Fsp3) is 0.375. The molecule has 0 saturated carbocycles. The fourth-order valence-corrected chi connectivity index (χ4v) is 0.919. The van der Waals surface area contributed by atoms with Crippen LogP contribution in [-0.2, 0) is 0 Å². The van der Waals surface area contributed by atoms with Crippen molar-refractivity contribution < 1.29 is 4.74 Å². The van der Waals surface area contributed by atoms with E-state index in [1.807, 2.05) is 6.92 Å². The van der Waals surface area contributed by atoms with E-state index < -0.39 is 0 Å². The summed E-state index contributed by atoms with van der Waals surface area (Å²) < 4.78 is 5.12. The summed E-state index contributed by atoms with van der Waals surface area (Å²) in [6.07, 6.45) is 1.60. The highest BCUT2D eigenvalue weighted by Gasteiger charge is 2.03. The number of aromatic nitrogens is 3. The number of hydrogen-bond donors (Lipinski definition) is 1. The van der Waals surface area contributed by atoms with Crippen LogP contribution < -0.4 is 10.1 Å². The number of anilines is 1. The van der Waals surface area contributed by atoms with Gasteiger partial charge >= 0.3 is 6.01 Å². The number of halogens is 1. The maximum Gasteiger partial charge on any atom is 0.322 e. The molecule has 0 aromatic carbocycles. The summed E-state index contributed by atoms with van der Waals surface area (Å²) in [5.41, 5.74) is 0. The van der Waals surface area contributed by atoms with E-state index in [4.69, 9.17) is 16.3 Å². The van der Waals surface area contributed by atoms with Crippen LogP contribution in [0.1, 0.15) is 6.92 Å². The average Bonchev–Trinajstić information content (AvgIpc) is 2.14. The molecule has 0 spiro atoms. The highest BCUT2D eigenvalue weighted by molar-refractivity contribution is 6.28. The van der Waals surface area contributed by atoms with Crippen LogP contribution in [0.3, 0.4) is 0 Å². The standard InChI is InChI=1S/C8H11ClN4O/c1-3-5-14-8-12-6(9)11-7(13-8)10-4-2/h3H,1,4-5H2,2H3,(H,10,11,12,13). The zero-order valence-corrected chi connectivity index (χ0v) is 8.58. The van der Waals surface area contributed by atoms with Gasteiger partial charge < -0.3 is 10.1 Å². The molecular weight excluding hydrogens is 204 g/mol. The summed E-state index contributed by atoms with van der Waals surface area (Å²) in [6.45, 7) is 6.49. The number of hydrogen-bond acceptors (Lipinski definition) is 5. The molecule has 6 heteroatoms. The van der Waals surface area contributed by atoms with Crippen molar-refractivity contribution in [3.8, 4) is 6.01 Å². The first kappa shape index (κ1) is 10.7. The zero-order chi connectivity index (χ0) is 10.4. The van der Waals surface area contributed by atoms with E-state index in [0.717, 1.165) is 0 Å². The minimum atomic E-state index is 0.106. The molecule has 0 aliphatic rings. The Balaban J connectivity index is 2.77. The first-order chi connectivity index (χ1) is 6.76. The quantitative estimate of drug-likeness (QED) is 0.754. The molecule has 5 nitrogen and oxygen atoms in total. The predicted octanol–water partition coefficient (Wildman–Crippen LogP) is 1.52. The lowest BCUT2D eigenvalue weighted by Gasteiger charge is -2.04. The molecule has 1 aromatic heterocycles. The van der Waals surface area contributed by atoms with Crippen molar-refractivity contribution in [2.24, 2.45) is 0 Å². The van der Waals surface area contributed by atoms with Crippen LogP contribution in [0.15, 0.2) is 12.7 Å². The van der Waals surface area contributed by atoms with Crippen LogP contribution in [0, 0.1) is 0 Å². The van der Waals surface area contributed by atoms with E-state index in [9.17, 15) is 0 Å². The molecule has 1 rings (SSSR count). The summed E-state index contributed by atoms with van der Waals surface area (Å²) in [5.74, 6) is 0.409. The van der Waals surface area contributed by atoms with Gasteiger partial charge in [0.15, 0.2) is 0 Å². The Kier molecular flexibility index (Phi) is 4.12. The molecule has 1 aromatic rings. The normalized spacial score (nSPS) is 9.57. The molecule has 1 N–H and O–H groups in total. The molecule has 0 saturated heterocycles. The van der Waals surface area contributed by atoms with Gasteiger partial charge in [-0.1, -0.05) is 12.7 Å². The van der Waals surface area contributed by atoms with Gasteiger partial charge in [-0.15, -0.1) is 0 Å². The molecule has 0 aliphatic heterocycles. The van der Waals surface area contributed by atoms with Crippen molar-refractivity contribution in [3.63, 3.8) is 0 Å². The van der Waals surface area contributed by atoms with Crippen molar-refractivity contribution in [1.82, 2.24) is 15.0 Å². The van der Waals surface area contributed by atoms with Gasteiger partial charge in [0.05, 0.1) is 0 Å². The van der Waals surface area contributed by atoms with Gasteiger partial charge in [-0.3, -0.25) is 0 Å².